The van der Waals surface area contributed by atoms with Crippen molar-refractivity contribution in [2.75, 3.05) is 0 Å². The first-order valence-electron chi connectivity index (χ1n) is 4.12. The van der Waals surface area contributed by atoms with E-state index in [9.17, 15) is 4.79 Å². The average Bonchev–Trinajstić information content (AvgIpc) is 2.72. The van der Waals surface area contributed by atoms with E-state index in [0.29, 0.717) is 5.69 Å². The van der Waals surface area contributed by atoms with Crippen molar-refractivity contribution in [2.45, 2.75) is 0 Å². The van der Waals surface area contributed by atoms with Gasteiger partial charge in [0.25, 0.3) is 0 Å². The third-order valence-electron chi connectivity index (χ3n) is 1.86. The molecule has 0 aliphatic carbocycles. The molecule has 2 aromatic rings. The summed E-state index contributed by atoms with van der Waals surface area (Å²) in [6, 6.07) is 11.5. The highest BCUT2D eigenvalue weighted by Gasteiger charge is 2.03. The van der Waals surface area contributed by atoms with E-state index in [1.807, 2.05) is 35.7 Å². The number of aliphatic imine (C=N–C) groups is 1. The molecule has 0 saturated heterocycles. The van der Waals surface area contributed by atoms with E-state index in [1.165, 1.54) is 0 Å². The Morgan fingerprint density at radius 3 is 2.71 bits per heavy atom. The Kier molecular flexibility index (Phi) is 2.54. The van der Waals surface area contributed by atoms with Gasteiger partial charge in [-0.3, -0.25) is 0 Å². The largest absolute Gasteiger partial charge is 0.240 e. The molecule has 0 atom stereocenters. The number of isocyanates is 1. The number of rotatable bonds is 2. The molecular formula is C11H7NOS. The van der Waals surface area contributed by atoms with Crippen LogP contribution in [0.4, 0.5) is 5.69 Å². The van der Waals surface area contributed by atoms with E-state index in [4.69, 9.17) is 0 Å². The molecule has 2 rings (SSSR count). The van der Waals surface area contributed by atoms with Crippen molar-refractivity contribution in [2.24, 2.45) is 4.99 Å². The van der Waals surface area contributed by atoms with Crippen LogP contribution in [0.1, 0.15) is 0 Å². The maximum Gasteiger partial charge on any atom is 0.240 e. The minimum atomic E-state index is 0.671. The summed E-state index contributed by atoms with van der Waals surface area (Å²) in [6.45, 7) is 0. The molecule has 0 bridgehead atoms. The molecular weight excluding hydrogens is 194 g/mol. The molecule has 0 unspecified atom stereocenters. The molecule has 0 saturated carbocycles. The zero-order chi connectivity index (χ0) is 9.80. The van der Waals surface area contributed by atoms with Gasteiger partial charge in [-0.25, -0.2) is 4.79 Å². The van der Waals surface area contributed by atoms with Gasteiger partial charge in [-0.15, -0.1) is 11.3 Å². The number of para-hydroxylation sites is 1. The maximum absolute atomic E-state index is 10.2. The van der Waals surface area contributed by atoms with Gasteiger partial charge in [-0.1, -0.05) is 24.3 Å². The number of thiophene rings is 1. The van der Waals surface area contributed by atoms with Crippen LogP contribution >= 0.6 is 11.3 Å². The van der Waals surface area contributed by atoms with Crippen molar-refractivity contribution in [3.05, 3.63) is 41.8 Å². The van der Waals surface area contributed by atoms with Gasteiger partial charge in [-0.05, 0) is 17.5 Å². The fourth-order valence-corrected chi connectivity index (χ4v) is 2.02. The normalized spacial score (nSPS) is 9.43. The third kappa shape index (κ3) is 1.64. The van der Waals surface area contributed by atoms with E-state index < -0.39 is 0 Å². The second-order valence-corrected chi connectivity index (χ2v) is 3.65. The Morgan fingerprint density at radius 2 is 2.00 bits per heavy atom. The Balaban J connectivity index is 2.57. The molecule has 14 heavy (non-hydrogen) atoms. The van der Waals surface area contributed by atoms with Crippen LogP contribution in [0.2, 0.25) is 0 Å². The fraction of sp³-hybridized carbons (Fsp3) is 0. The van der Waals surface area contributed by atoms with Crippen molar-refractivity contribution in [1.29, 1.82) is 0 Å². The molecule has 0 fully saturated rings. The smallest absolute Gasteiger partial charge is 0.211 e. The molecule has 0 spiro atoms. The zero-order valence-electron chi connectivity index (χ0n) is 7.31. The van der Waals surface area contributed by atoms with Gasteiger partial charge < -0.3 is 0 Å². The van der Waals surface area contributed by atoms with E-state index in [2.05, 4.69) is 4.99 Å². The Bertz CT molecular complexity index is 470. The van der Waals surface area contributed by atoms with Gasteiger partial charge in [0, 0.05) is 10.4 Å². The Morgan fingerprint density at radius 1 is 1.14 bits per heavy atom. The highest BCUT2D eigenvalue weighted by Crippen LogP contribution is 2.32. The highest BCUT2D eigenvalue weighted by atomic mass is 32.1. The van der Waals surface area contributed by atoms with Crippen molar-refractivity contribution in [3.8, 4) is 10.4 Å². The van der Waals surface area contributed by atoms with Crippen molar-refractivity contribution in [3.63, 3.8) is 0 Å². The van der Waals surface area contributed by atoms with Crippen LogP contribution in [-0.2, 0) is 4.79 Å². The number of benzene rings is 1. The lowest BCUT2D eigenvalue weighted by Gasteiger charge is -1.99. The number of hydrogen-bond acceptors (Lipinski definition) is 3. The van der Waals surface area contributed by atoms with Gasteiger partial charge in [0.05, 0.1) is 5.69 Å². The van der Waals surface area contributed by atoms with Gasteiger partial charge in [-0.2, -0.15) is 4.99 Å². The molecule has 68 valence electrons. The summed E-state index contributed by atoms with van der Waals surface area (Å²) < 4.78 is 0. The van der Waals surface area contributed by atoms with Gasteiger partial charge in [0.15, 0.2) is 0 Å². The van der Waals surface area contributed by atoms with E-state index in [0.717, 1.165) is 10.4 Å². The molecule has 1 aromatic carbocycles. The van der Waals surface area contributed by atoms with Crippen LogP contribution in [0.15, 0.2) is 46.8 Å². The summed E-state index contributed by atoms with van der Waals surface area (Å²) in [5.41, 5.74) is 1.65. The predicted octanol–water partition coefficient (Wildman–Crippen LogP) is 3.38. The first-order valence-corrected chi connectivity index (χ1v) is 5.00. The van der Waals surface area contributed by atoms with Crippen LogP contribution in [0.3, 0.4) is 0 Å². The lowest BCUT2D eigenvalue weighted by molar-refractivity contribution is 0.565. The summed E-state index contributed by atoms with van der Waals surface area (Å²) in [4.78, 5) is 15.0. The average molecular weight is 201 g/mol. The fourth-order valence-electron chi connectivity index (χ4n) is 1.26. The number of carbonyl (C=O) groups excluding carboxylic acids is 1. The standard InChI is InChI=1S/C11H7NOS/c13-8-12-10-5-2-1-4-9(10)11-6-3-7-14-11/h1-7H. The van der Waals surface area contributed by atoms with Crippen molar-refractivity contribution >= 4 is 23.1 Å². The van der Waals surface area contributed by atoms with Gasteiger partial charge >= 0.3 is 0 Å². The van der Waals surface area contributed by atoms with Crippen molar-refractivity contribution < 1.29 is 4.79 Å². The SMILES string of the molecule is O=C=Nc1ccccc1-c1cccs1. The van der Waals surface area contributed by atoms with Gasteiger partial charge in [0.1, 0.15) is 0 Å². The van der Waals surface area contributed by atoms with E-state index >= 15 is 0 Å². The first-order chi connectivity index (χ1) is 6.92. The quantitative estimate of drug-likeness (QED) is 0.541. The molecule has 0 amide bonds. The summed E-state index contributed by atoms with van der Waals surface area (Å²) in [5, 5.41) is 2.00. The second kappa shape index (κ2) is 4.01. The van der Waals surface area contributed by atoms with Crippen LogP contribution in [0.25, 0.3) is 10.4 Å². The topological polar surface area (TPSA) is 29.4 Å². The second-order valence-electron chi connectivity index (χ2n) is 2.70. The molecule has 0 N–H and O–H groups in total. The summed E-state index contributed by atoms with van der Waals surface area (Å²) >= 11 is 1.63. The molecule has 0 radical (unpaired) electrons. The molecule has 1 heterocycles. The van der Waals surface area contributed by atoms with Crippen molar-refractivity contribution in [1.82, 2.24) is 0 Å². The Labute approximate surface area is 85.6 Å². The molecule has 1 aromatic heterocycles. The monoisotopic (exact) mass is 201 g/mol. The van der Waals surface area contributed by atoms with Gasteiger partial charge in [0.2, 0.25) is 6.08 Å². The van der Waals surface area contributed by atoms with Crippen LogP contribution in [0.5, 0.6) is 0 Å². The highest BCUT2D eigenvalue weighted by molar-refractivity contribution is 7.13. The minimum absolute atomic E-state index is 0.671. The van der Waals surface area contributed by atoms with E-state index in [-0.39, 0.29) is 0 Å². The predicted molar refractivity (Wildman–Crippen MR) is 57.5 cm³/mol. The summed E-state index contributed by atoms with van der Waals surface area (Å²) in [7, 11) is 0. The molecule has 0 aliphatic heterocycles. The first kappa shape index (κ1) is 8.88. The Hall–Kier alpha value is -1.70. The molecule has 0 aliphatic rings. The number of hydrogen-bond donors (Lipinski definition) is 0. The van der Waals surface area contributed by atoms with E-state index in [1.54, 1.807) is 23.5 Å². The third-order valence-corrected chi connectivity index (χ3v) is 2.76. The van der Waals surface area contributed by atoms with Crippen LogP contribution in [0, 0.1) is 0 Å². The van der Waals surface area contributed by atoms with Crippen LogP contribution < -0.4 is 0 Å². The van der Waals surface area contributed by atoms with Crippen LogP contribution in [-0.4, -0.2) is 6.08 Å². The summed E-state index contributed by atoms with van der Waals surface area (Å²) in [6.07, 6.45) is 1.57. The minimum Gasteiger partial charge on any atom is -0.211 e. The zero-order valence-corrected chi connectivity index (χ0v) is 8.12. The number of nitrogens with zero attached hydrogens (tertiary/aromatic N) is 1. The lowest BCUT2D eigenvalue weighted by atomic mass is 10.1. The molecule has 2 nitrogen and oxygen atoms in total. The molecule has 3 heteroatoms. The maximum atomic E-state index is 10.2. The summed E-state index contributed by atoms with van der Waals surface area (Å²) in [5.74, 6) is 0. The lowest BCUT2D eigenvalue weighted by Crippen LogP contribution is -1.72.